The second kappa shape index (κ2) is 8.50. The van der Waals surface area contributed by atoms with Gasteiger partial charge in [0.2, 0.25) is 5.91 Å². The first-order valence-electron chi connectivity index (χ1n) is 8.51. The van der Waals surface area contributed by atoms with Gasteiger partial charge in [0.05, 0.1) is 6.61 Å². The van der Waals surface area contributed by atoms with Crippen molar-refractivity contribution < 1.29 is 9.53 Å². The molecule has 1 saturated carbocycles. The van der Waals surface area contributed by atoms with E-state index in [-0.39, 0.29) is 35.3 Å². The molecule has 23 heavy (non-hydrogen) atoms. The lowest BCUT2D eigenvalue weighted by Crippen LogP contribution is -2.51. The zero-order valence-electron chi connectivity index (χ0n) is 14.0. The third-order valence-corrected chi connectivity index (χ3v) is 4.95. The smallest absolute Gasteiger partial charge is 0.220 e. The zero-order chi connectivity index (χ0) is 15.4. The fourth-order valence-corrected chi connectivity index (χ4v) is 3.53. The van der Waals surface area contributed by atoms with Gasteiger partial charge in [0.1, 0.15) is 0 Å². The van der Waals surface area contributed by atoms with Crippen molar-refractivity contribution in [2.45, 2.75) is 32.1 Å². The van der Waals surface area contributed by atoms with Crippen LogP contribution in [0.3, 0.4) is 0 Å². The molecule has 0 aromatic heterocycles. The van der Waals surface area contributed by atoms with Crippen molar-refractivity contribution in [1.29, 1.82) is 0 Å². The highest BCUT2D eigenvalue weighted by Crippen LogP contribution is 2.35. The van der Waals surface area contributed by atoms with Gasteiger partial charge in [-0.2, -0.15) is 0 Å². The molecule has 0 aromatic carbocycles. The molecule has 1 spiro atoms. The summed E-state index contributed by atoms with van der Waals surface area (Å²) in [7, 11) is 1.83. The number of carbonyl (C=O) groups excluding carboxylic acids is 1. The van der Waals surface area contributed by atoms with Gasteiger partial charge in [0, 0.05) is 51.7 Å². The van der Waals surface area contributed by atoms with E-state index in [1.807, 2.05) is 7.05 Å². The standard InChI is InChI=1S/C16H28N4O2.HI/c1-17-15(18-6-8-22-10-13-3-4-13)20-7-2-5-16(12-20)9-14(21)19-11-16;/h13H,2-12H2,1H3,(H,17,18)(H,19,21);1H. The minimum Gasteiger partial charge on any atom is -0.379 e. The Labute approximate surface area is 155 Å². The van der Waals surface area contributed by atoms with Gasteiger partial charge in [-0.1, -0.05) is 0 Å². The number of nitrogens with one attached hydrogen (secondary N) is 2. The topological polar surface area (TPSA) is 66.0 Å². The Morgan fingerprint density at radius 2 is 2.35 bits per heavy atom. The minimum absolute atomic E-state index is 0. The second-order valence-corrected chi connectivity index (χ2v) is 6.97. The monoisotopic (exact) mass is 436 g/mol. The lowest BCUT2D eigenvalue weighted by atomic mass is 9.79. The van der Waals surface area contributed by atoms with Gasteiger partial charge in [-0.25, -0.2) is 0 Å². The molecule has 1 aliphatic carbocycles. The Hall–Kier alpha value is -0.570. The summed E-state index contributed by atoms with van der Waals surface area (Å²) in [5, 5.41) is 6.38. The quantitative estimate of drug-likeness (QED) is 0.294. The van der Waals surface area contributed by atoms with Crippen LogP contribution in [0.5, 0.6) is 0 Å². The predicted octanol–water partition coefficient (Wildman–Crippen LogP) is 1.21. The first-order chi connectivity index (χ1) is 10.7. The molecule has 3 rings (SSSR count). The number of aliphatic imine (C=N–C) groups is 1. The Balaban J connectivity index is 0.00000192. The van der Waals surface area contributed by atoms with Crippen LogP contribution in [0.1, 0.15) is 32.1 Å². The first kappa shape index (κ1) is 18.8. The summed E-state index contributed by atoms with van der Waals surface area (Å²) >= 11 is 0. The van der Waals surface area contributed by atoms with E-state index in [9.17, 15) is 4.79 Å². The van der Waals surface area contributed by atoms with E-state index in [0.717, 1.165) is 64.1 Å². The van der Waals surface area contributed by atoms with E-state index in [4.69, 9.17) is 4.74 Å². The maximum atomic E-state index is 11.6. The Morgan fingerprint density at radius 1 is 1.52 bits per heavy atom. The fourth-order valence-electron chi connectivity index (χ4n) is 3.53. The highest BCUT2D eigenvalue weighted by Gasteiger charge is 2.42. The molecule has 132 valence electrons. The number of piperidine rings is 1. The summed E-state index contributed by atoms with van der Waals surface area (Å²) in [5.74, 6) is 1.94. The molecular weight excluding hydrogens is 407 g/mol. The summed E-state index contributed by atoms with van der Waals surface area (Å²) < 4.78 is 5.66. The number of amides is 1. The number of rotatable bonds is 5. The van der Waals surface area contributed by atoms with Crippen LogP contribution in [0.4, 0.5) is 0 Å². The Kier molecular flexibility index (Phi) is 6.94. The number of carbonyl (C=O) groups is 1. The van der Waals surface area contributed by atoms with E-state index in [1.54, 1.807) is 0 Å². The largest absolute Gasteiger partial charge is 0.379 e. The highest BCUT2D eigenvalue weighted by molar-refractivity contribution is 14.0. The van der Waals surface area contributed by atoms with Gasteiger partial charge < -0.3 is 20.3 Å². The zero-order valence-corrected chi connectivity index (χ0v) is 16.3. The molecular formula is C16H29IN4O2. The van der Waals surface area contributed by atoms with E-state index >= 15 is 0 Å². The molecule has 0 bridgehead atoms. The number of hydrogen-bond donors (Lipinski definition) is 2. The molecule has 1 atom stereocenters. The molecule has 0 aromatic rings. The molecule has 1 amide bonds. The lowest BCUT2D eigenvalue weighted by molar-refractivity contribution is -0.119. The molecule has 2 N–H and O–H groups in total. The van der Waals surface area contributed by atoms with Crippen molar-refractivity contribution in [3.8, 4) is 0 Å². The first-order valence-corrected chi connectivity index (χ1v) is 8.51. The summed E-state index contributed by atoms with van der Waals surface area (Å²) in [5.41, 5.74) is 0.107. The van der Waals surface area contributed by atoms with Gasteiger partial charge in [0.25, 0.3) is 0 Å². The van der Waals surface area contributed by atoms with Gasteiger partial charge >= 0.3 is 0 Å². The molecule has 7 heteroatoms. The summed E-state index contributed by atoms with van der Waals surface area (Å²) in [6.45, 7) is 5.16. The molecule has 3 aliphatic rings. The van der Waals surface area contributed by atoms with Crippen LogP contribution in [0.25, 0.3) is 0 Å². The summed E-state index contributed by atoms with van der Waals surface area (Å²) in [6.07, 6.45) is 5.57. The van der Waals surface area contributed by atoms with Crippen molar-refractivity contribution >= 4 is 35.8 Å². The van der Waals surface area contributed by atoms with Crippen LogP contribution < -0.4 is 10.6 Å². The van der Waals surface area contributed by atoms with Crippen molar-refractivity contribution in [2.75, 3.05) is 46.4 Å². The average molecular weight is 436 g/mol. The van der Waals surface area contributed by atoms with Crippen LogP contribution in [0.15, 0.2) is 4.99 Å². The Bertz CT molecular complexity index is 442. The molecule has 2 saturated heterocycles. The van der Waals surface area contributed by atoms with Crippen LogP contribution in [0, 0.1) is 11.3 Å². The number of nitrogens with zero attached hydrogens (tertiary/aromatic N) is 2. The molecule has 1 unspecified atom stereocenters. The van der Waals surface area contributed by atoms with E-state index in [0.29, 0.717) is 6.42 Å². The second-order valence-electron chi connectivity index (χ2n) is 6.97. The third kappa shape index (κ3) is 5.20. The molecule has 3 fully saturated rings. The van der Waals surface area contributed by atoms with Crippen molar-refractivity contribution in [3.05, 3.63) is 0 Å². The van der Waals surface area contributed by atoms with Crippen molar-refractivity contribution in [3.63, 3.8) is 0 Å². The number of hydrogen-bond acceptors (Lipinski definition) is 3. The number of halogens is 1. The minimum atomic E-state index is 0. The lowest BCUT2D eigenvalue weighted by Gasteiger charge is -2.40. The highest BCUT2D eigenvalue weighted by atomic mass is 127. The van der Waals surface area contributed by atoms with Gasteiger partial charge in [-0.3, -0.25) is 9.79 Å². The summed E-state index contributed by atoms with van der Waals surface area (Å²) in [4.78, 5) is 18.3. The molecule has 6 nitrogen and oxygen atoms in total. The van der Waals surface area contributed by atoms with Crippen LogP contribution in [-0.2, 0) is 9.53 Å². The van der Waals surface area contributed by atoms with E-state index < -0.39 is 0 Å². The summed E-state index contributed by atoms with van der Waals surface area (Å²) in [6, 6.07) is 0. The van der Waals surface area contributed by atoms with Gasteiger partial charge in [0.15, 0.2) is 5.96 Å². The maximum absolute atomic E-state index is 11.6. The molecule has 0 radical (unpaired) electrons. The maximum Gasteiger partial charge on any atom is 0.220 e. The average Bonchev–Trinajstić information content (AvgIpc) is 3.27. The Morgan fingerprint density at radius 3 is 3.00 bits per heavy atom. The number of ether oxygens (including phenoxy) is 1. The van der Waals surface area contributed by atoms with Crippen LogP contribution in [-0.4, -0.2) is 63.2 Å². The third-order valence-electron chi connectivity index (χ3n) is 4.95. The van der Waals surface area contributed by atoms with E-state index in [2.05, 4.69) is 20.5 Å². The van der Waals surface area contributed by atoms with Crippen LogP contribution >= 0.6 is 24.0 Å². The van der Waals surface area contributed by atoms with Crippen molar-refractivity contribution in [1.82, 2.24) is 15.5 Å². The fraction of sp³-hybridized carbons (Fsp3) is 0.875. The predicted molar refractivity (Wildman–Crippen MR) is 101 cm³/mol. The number of guanidine groups is 1. The molecule has 2 heterocycles. The molecule has 2 aliphatic heterocycles. The normalized spacial score (nSPS) is 27.8. The van der Waals surface area contributed by atoms with Gasteiger partial charge in [-0.05, 0) is 31.6 Å². The van der Waals surface area contributed by atoms with Crippen molar-refractivity contribution in [2.24, 2.45) is 16.3 Å². The van der Waals surface area contributed by atoms with Gasteiger partial charge in [-0.15, -0.1) is 24.0 Å². The van der Waals surface area contributed by atoms with E-state index in [1.165, 1.54) is 12.8 Å². The SMILES string of the molecule is CN=C(NCCOCC1CC1)N1CCCC2(CNC(=O)C2)C1.I. The number of likely N-dealkylation sites (tertiary alicyclic amines) is 1. The van der Waals surface area contributed by atoms with Crippen LogP contribution in [0.2, 0.25) is 0 Å².